The van der Waals surface area contributed by atoms with E-state index in [4.69, 9.17) is 37.9 Å². The van der Waals surface area contributed by atoms with Crippen LogP contribution in [0.4, 0.5) is 11.8 Å². The number of nitrogens with two attached hydrogens (primary N) is 2. The van der Waals surface area contributed by atoms with E-state index >= 15 is 0 Å². The van der Waals surface area contributed by atoms with Crippen LogP contribution in [-0.4, -0.2) is 103 Å². The molecule has 0 radical (unpaired) electrons. The molecule has 1 aliphatic heterocycles. The summed E-state index contributed by atoms with van der Waals surface area (Å²) in [5, 5.41) is 19.5. The van der Waals surface area contributed by atoms with Gasteiger partial charge in [0, 0.05) is 54.8 Å². The summed E-state index contributed by atoms with van der Waals surface area (Å²) in [6.45, 7) is 5.30. The van der Waals surface area contributed by atoms with Crippen molar-refractivity contribution in [1.29, 1.82) is 0 Å². The highest BCUT2D eigenvalue weighted by molar-refractivity contribution is 6.32. The molecule has 0 spiro atoms. The van der Waals surface area contributed by atoms with E-state index in [1.54, 1.807) is 30.5 Å². The number of hydrogen-bond acceptors (Lipinski definition) is 13. The summed E-state index contributed by atoms with van der Waals surface area (Å²) >= 11 is 5.91. The van der Waals surface area contributed by atoms with Crippen LogP contribution in [0, 0.1) is 0 Å². The van der Waals surface area contributed by atoms with Crippen LogP contribution in [0.3, 0.4) is 0 Å². The number of amides is 1. The van der Waals surface area contributed by atoms with Crippen molar-refractivity contribution in [2.24, 2.45) is 21.7 Å². The molecule has 5 rings (SSSR count). The fourth-order valence-corrected chi connectivity index (χ4v) is 6.97. The van der Waals surface area contributed by atoms with Gasteiger partial charge in [0.25, 0.3) is 0 Å². The maximum atomic E-state index is 13.0. The lowest BCUT2D eigenvalue weighted by molar-refractivity contribution is -0.146. The number of hydrogen-bond donors (Lipinski definition) is 6. The highest BCUT2D eigenvalue weighted by Crippen LogP contribution is 2.25. The third-order valence-corrected chi connectivity index (χ3v) is 10.4. The standard InChI is InChI=1S/C40H58ClN11O3/c41-30-14-12-29(13-15-30)28-55-39(54)35(42)16-17-37(53)52-24-18-32(19-25-52)48-38-34-10-4-5-11-36(34)49-40(50-38)47-27-33(51-43)26-45-22-6-20-44-21-7-23-46-31-8-2-1-3-9-31/h4-5,10-15,26,31-32,35,44,46H,1-3,6-9,16-25,27-28,42-43H2,(H2,47,48,49,50)/t35-/m0/s1. The minimum Gasteiger partial charge on any atom is -0.460 e. The number of likely N-dealkylation sites (tertiary alicyclic amines) is 1. The molecule has 0 bridgehead atoms. The number of para-hydroxylation sites is 1. The number of aliphatic imine (C=N–C) groups is 1. The fourth-order valence-electron chi connectivity index (χ4n) is 6.84. The summed E-state index contributed by atoms with van der Waals surface area (Å²) in [4.78, 5) is 41.3. The lowest BCUT2D eigenvalue weighted by Crippen LogP contribution is -2.43. The van der Waals surface area contributed by atoms with Crippen molar-refractivity contribution in [2.75, 3.05) is 56.4 Å². The number of halogens is 1. The number of hydrazone groups is 1. The summed E-state index contributed by atoms with van der Waals surface area (Å²) in [7, 11) is 0. The molecule has 1 saturated heterocycles. The number of esters is 1. The third kappa shape index (κ3) is 14.3. The van der Waals surface area contributed by atoms with Gasteiger partial charge in [-0.15, -0.1) is 0 Å². The quantitative estimate of drug-likeness (QED) is 0.0290. The van der Waals surface area contributed by atoms with Crippen LogP contribution in [-0.2, 0) is 20.9 Å². The average molecular weight is 776 g/mol. The Bertz CT molecular complexity index is 1690. The number of nitrogens with zero attached hydrogens (tertiary/aromatic N) is 5. The highest BCUT2D eigenvalue weighted by atomic mass is 35.5. The van der Waals surface area contributed by atoms with Gasteiger partial charge in [0.15, 0.2) is 0 Å². The van der Waals surface area contributed by atoms with Crippen LogP contribution in [0.25, 0.3) is 10.9 Å². The van der Waals surface area contributed by atoms with E-state index in [0.717, 1.165) is 67.6 Å². The minimum atomic E-state index is -0.871. The number of piperidine rings is 1. The van der Waals surface area contributed by atoms with Gasteiger partial charge >= 0.3 is 5.97 Å². The van der Waals surface area contributed by atoms with E-state index in [1.807, 2.05) is 29.2 Å². The zero-order valence-corrected chi connectivity index (χ0v) is 32.6. The molecule has 1 saturated carbocycles. The van der Waals surface area contributed by atoms with Gasteiger partial charge in [0.1, 0.15) is 18.5 Å². The van der Waals surface area contributed by atoms with Crippen molar-refractivity contribution in [3.05, 3.63) is 59.1 Å². The molecule has 8 N–H and O–H groups in total. The maximum Gasteiger partial charge on any atom is 0.323 e. The second-order valence-corrected chi connectivity index (χ2v) is 14.8. The van der Waals surface area contributed by atoms with Crippen molar-refractivity contribution >= 4 is 58.1 Å². The van der Waals surface area contributed by atoms with E-state index in [0.29, 0.717) is 48.9 Å². The molecule has 0 unspecified atom stereocenters. The molecule has 1 atom stereocenters. The van der Waals surface area contributed by atoms with Crippen molar-refractivity contribution in [2.45, 2.75) is 95.4 Å². The predicted octanol–water partition coefficient (Wildman–Crippen LogP) is 4.63. The van der Waals surface area contributed by atoms with Crippen molar-refractivity contribution in [3.63, 3.8) is 0 Å². The van der Waals surface area contributed by atoms with E-state index < -0.39 is 12.0 Å². The Morgan fingerprint density at radius 1 is 0.964 bits per heavy atom. The summed E-state index contributed by atoms with van der Waals surface area (Å²) in [6.07, 6.45) is 12.4. The second kappa shape index (κ2) is 22.9. The van der Waals surface area contributed by atoms with Crippen molar-refractivity contribution < 1.29 is 14.3 Å². The maximum absolute atomic E-state index is 13.0. The summed E-state index contributed by atoms with van der Waals surface area (Å²) < 4.78 is 5.33. The van der Waals surface area contributed by atoms with Crippen LogP contribution in [0.2, 0.25) is 5.02 Å². The number of carbonyl (C=O) groups is 2. The molecule has 14 nitrogen and oxygen atoms in total. The molecule has 55 heavy (non-hydrogen) atoms. The Morgan fingerprint density at radius 2 is 1.73 bits per heavy atom. The highest BCUT2D eigenvalue weighted by Gasteiger charge is 2.25. The minimum absolute atomic E-state index is 0.0241. The molecule has 2 aliphatic rings. The van der Waals surface area contributed by atoms with Gasteiger partial charge in [-0.1, -0.05) is 55.1 Å². The monoisotopic (exact) mass is 775 g/mol. The number of benzene rings is 2. The van der Waals surface area contributed by atoms with E-state index in [9.17, 15) is 9.59 Å². The van der Waals surface area contributed by atoms with E-state index in [1.165, 1.54) is 32.1 Å². The molecule has 2 aromatic carbocycles. The molecule has 15 heteroatoms. The molecule has 2 heterocycles. The Kier molecular flexibility index (Phi) is 17.4. The van der Waals surface area contributed by atoms with Gasteiger partial charge in [0.05, 0.1) is 17.8 Å². The van der Waals surface area contributed by atoms with Gasteiger partial charge in [-0.25, -0.2) is 4.98 Å². The van der Waals surface area contributed by atoms with E-state index in [-0.39, 0.29) is 31.4 Å². The number of ether oxygens (including phenoxy) is 1. The van der Waals surface area contributed by atoms with Gasteiger partial charge in [-0.05, 0) is 94.4 Å². The largest absolute Gasteiger partial charge is 0.460 e. The van der Waals surface area contributed by atoms with Gasteiger partial charge in [-0.2, -0.15) is 10.1 Å². The first kappa shape index (κ1) is 41.8. The summed E-state index contributed by atoms with van der Waals surface area (Å²) in [5.41, 5.74) is 8.26. The van der Waals surface area contributed by atoms with Crippen LogP contribution < -0.4 is 32.8 Å². The molecule has 1 aromatic heterocycles. The van der Waals surface area contributed by atoms with Crippen molar-refractivity contribution in [3.8, 4) is 0 Å². The van der Waals surface area contributed by atoms with E-state index in [2.05, 4.69) is 31.4 Å². The molecule has 1 aliphatic carbocycles. The zero-order chi connectivity index (χ0) is 38.7. The molecule has 1 amide bonds. The Morgan fingerprint density at radius 3 is 2.51 bits per heavy atom. The molecule has 298 valence electrons. The number of anilines is 2. The molecule has 2 fully saturated rings. The zero-order valence-electron chi connectivity index (χ0n) is 31.9. The van der Waals surface area contributed by atoms with Crippen molar-refractivity contribution in [1.82, 2.24) is 25.5 Å². The third-order valence-electron chi connectivity index (χ3n) is 10.1. The Labute approximate surface area is 329 Å². The fraction of sp³-hybridized carbons (Fsp3) is 0.550. The van der Waals surface area contributed by atoms with Crippen LogP contribution >= 0.6 is 11.6 Å². The SMILES string of the molecule is NN=C(C=NCCCNCCCNC1CCCCC1)CNc1nc(NC2CCN(C(=O)CC[C@H](N)C(=O)OCc3ccc(Cl)cc3)CC2)c2ccccc2n1. The van der Waals surface area contributed by atoms with Gasteiger partial charge < -0.3 is 42.5 Å². The van der Waals surface area contributed by atoms with Gasteiger partial charge in [-0.3, -0.25) is 14.6 Å². The lowest BCUT2D eigenvalue weighted by atomic mass is 9.95. The molecular formula is C40H58ClN11O3. The van der Waals surface area contributed by atoms with Crippen LogP contribution in [0.15, 0.2) is 58.6 Å². The topological polar surface area (TPSA) is 197 Å². The van der Waals surface area contributed by atoms with Crippen LogP contribution in [0.1, 0.15) is 76.2 Å². The number of rotatable bonds is 21. The number of carbonyl (C=O) groups excluding carboxylic acids is 2. The van der Waals surface area contributed by atoms with Gasteiger partial charge in [0.2, 0.25) is 11.9 Å². The second-order valence-electron chi connectivity index (χ2n) is 14.3. The molecule has 3 aromatic rings. The first-order valence-corrected chi connectivity index (χ1v) is 20.2. The number of fused-ring (bicyclic) bond motifs is 1. The number of aromatic nitrogens is 2. The first-order valence-electron chi connectivity index (χ1n) is 19.8. The Balaban J connectivity index is 0.999. The summed E-state index contributed by atoms with van der Waals surface area (Å²) in [6, 6.07) is 14.9. The van der Waals surface area contributed by atoms with Crippen LogP contribution in [0.5, 0.6) is 0 Å². The Hall–Kier alpha value is -4.37. The first-order chi connectivity index (χ1) is 26.9. The normalized spacial score (nSPS) is 16.4. The number of nitrogens with one attached hydrogen (secondary N) is 4. The molecular weight excluding hydrogens is 718 g/mol. The smallest absolute Gasteiger partial charge is 0.323 e. The lowest BCUT2D eigenvalue weighted by Gasteiger charge is -2.33. The predicted molar refractivity (Wildman–Crippen MR) is 222 cm³/mol. The average Bonchev–Trinajstić information content (AvgIpc) is 3.21. The summed E-state index contributed by atoms with van der Waals surface area (Å²) in [5.74, 6) is 6.31.